The molecule has 0 aromatic carbocycles. The molecule has 0 amide bonds. The Morgan fingerprint density at radius 3 is 2.38 bits per heavy atom. The number of hydrogen-bond acceptors (Lipinski definition) is 3. The van der Waals surface area contributed by atoms with Crippen LogP contribution in [0.5, 0.6) is 0 Å². The van der Waals surface area contributed by atoms with Gasteiger partial charge in [0.2, 0.25) is 0 Å². The van der Waals surface area contributed by atoms with Crippen molar-refractivity contribution >= 4 is 5.78 Å². The summed E-state index contributed by atoms with van der Waals surface area (Å²) in [5.41, 5.74) is 0. The molecule has 0 bridgehead atoms. The molecule has 0 heterocycles. The first-order valence-electron chi connectivity index (χ1n) is 4.91. The van der Waals surface area contributed by atoms with E-state index in [1.165, 1.54) is 6.08 Å². The summed E-state index contributed by atoms with van der Waals surface area (Å²) in [6.45, 7) is 0. The normalized spacial score (nSPS) is 25.6. The van der Waals surface area contributed by atoms with E-state index in [9.17, 15) is 18.0 Å². The minimum atomic E-state index is -4.60. The Bertz CT molecular complexity index is 280. The molecule has 0 saturated heterocycles. The van der Waals surface area contributed by atoms with Gasteiger partial charge in [-0.1, -0.05) is 0 Å². The number of hydrogen-bond donors (Lipinski definition) is 0. The smallest absolute Gasteiger partial charge is 0.383 e. The Kier molecular flexibility index (Phi) is 3.96. The number of allylic oxidation sites excluding steroid dienone is 1. The predicted octanol–water partition coefficient (Wildman–Crippen LogP) is 1.95. The van der Waals surface area contributed by atoms with Gasteiger partial charge in [-0.2, -0.15) is 0 Å². The first-order chi connectivity index (χ1) is 7.28. The molecule has 0 unspecified atom stereocenters. The molecule has 0 N–H and O–H groups in total. The van der Waals surface area contributed by atoms with Crippen LogP contribution in [0.1, 0.15) is 12.8 Å². The third-order valence-electron chi connectivity index (χ3n) is 2.33. The number of nitrogens with zero attached hydrogens (tertiary/aromatic N) is 1. The zero-order chi connectivity index (χ0) is 12.3. The number of rotatable bonds is 4. The number of halogens is 3. The molecule has 1 fully saturated rings. The maximum atomic E-state index is 11.8. The van der Waals surface area contributed by atoms with E-state index in [-0.39, 0.29) is 24.5 Å². The van der Waals surface area contributed by atoms with E-state index in [2.05, 4.69) is 4.74 Å². The first kappa shape index (κ1) is 13.0. The predicted molar refractivity (Wildman–Crippen MR) is 51.5 cm³/mol. The highest BCUT2D eigenvalue weighted by atomic mass is 19.4. The standard InChI is InChI=1S/C10H14F3NO2/c1-14(2)4-3-9(15)7-5-8(6-7)16-10(11,12)13/h3-4,7-8H,5-6H2,1-2H3/b4-3+. The molecule has 92 valence electrons. The molecule has 1 rings (SSSR count). The fourth-order valence-corrected chi connectivity index (χ4v) is 1.44. The molecule has 3 nitrogen and oxygen atoms in total. The molecule has 0 spiro atoms. The van der Waals surface area contributed by atoms with Crippen molar-refractivity contribution in [3.05, 3.63) is 12.3 Å². The van der Waals surface area contributed by atoms with Crippen molar-refractivity contribution in [2.45, 2.75) is 25.3 Å². The lowest BCUT2D eigenvalue weighted by molar-refractivity contribution is -0.353. The Hall–Kier alpha value is -1.04. The maximum Gasteiger partial charge on any atom is 0.522 e. The molecular weight excluding hydrogens is 223 g/mol. The van der Waals surface area contributed by atoms with Crippen LogP contribution in [0.25, 0.3) is 0 Å². The third-order valence-corrected chi connectivity index (χ3v) is 2.33. The average molecular weight is 237 g/mol. The van der Waals surface area contributed by atoms with Crippen LogP contribution in [0.2, 0.25) is 0 Å². The SMILES string of the molecule is CN(C)/C=C/C(=O)C1CC(OC(F)(F)F)C1. The fraction of sp³-hybridized carbons (Fsp3) is 0.700. The summed E-state index contributed by atoms with van der Waals surface area (Å²) in [6, 6.07) is 0. The van der Waals surface area contributed by atoms with E-state index in [1.54, 1.807) is 25.2 Å². The molecule has 0 aliphatic heterocycles. The van der Waals surface area contributed by atoms with Crippen molar-refractivity contribution in [3.8, 4) is 0 Å². The summed E-state index contributed by atoms with van der Waals surface area (Å²) in [4.78, 5) is 13.1. The monoisotopic (exact) mass is 237 g/mol. The number of ether oxygens (including phenoxy) is 1. The number of carbonyl (C=O) groups excluding carboxylic acids is 1. The van der Waals surface area contributed by atoms with Gasteiger partial charge in [0, 0.05) is 26.2 Å². The summed E-state index contributed by atoms with van der Waals surface area (Å²) < 4.78 is 39.1. The molecule has 16 heavy (non-hydrogen) atoms. The Morgan fingerprint density at radius 2 is 1.94 bits per heavy atom. The van der Waals surface area contributed by atoms with Crippen molar-refractivity contribution in [1.82, 2.24) is 4.90 Å². The lowest BCUT2D eigenvalue weighted by Crippen LogP contribution is -2.39. The van der Waals surface area contributed by atoms with Gasteiger partial charge in [0.25, 0.3) is 0 Å². The number of alkyl halides is 3. The van der Waals surface area contributed by atoms with Crippen molar-refractivity contribution < 1.29 is 22.7 Å². The largest absolute Gasteiger partial charge is 0.522 e. The van der Waals surface area contributed by atoms with Crippen LogP contribution in [0.3, 0.4) is 0 Å². The van der Waals surface area contributed by atoms with Crippen LogP contribution in [-0.2, 0) is 9.53 Å². The van der Waals surface area contributed by atoms with Gasteiger partial charge in [-0.25, -0.2) is 0 Å². The van der Waals surface area contributed by atoms with Crippen LogP contribution in [0, 0.1) is 5.92 Å². The van der Waals surface area contributed by atoms with E-state index < -0.39 is 12.5 Å². The molecule has 1 aliphatic carbocycles. The zero-order valence-electron chi connectivity index (χ0n) is 9.12. The second kappa shape index (κ2) is 4.86. The van der Waals surface area contributed by atoms with Crippen molar-refractivity contribution in [2.75, 3.05) is 14.1 Å². The van der Waals surface area contributed by atoms with Gasteiger partial charge in [-0.15, -0.1) is 13.2 Å². The lowest BCUT2D eigenvalue weighted by Gasteiger charge is -2.33. The second-order valence-corrected chi connectivity index (χ2v) is 4.04. The lowest BCUT2D eigenvalue weighted by atomic mass is 9.79. The van der Waals surface area contributed by atoms with Gasteiger partial charge >= 0.3 is 6.36 Å². The number of ketones is 1. The molecule has 6 heteroatoms. The van der Waals surface area contributed by atoms with Gasteiger partial charge < -0.3 is 4.90 Å². The highest BCUT2D eigenvalue weighted by molar-refractivity contribution is 5.92. The third kappa shape index (κ3) is 4.22. The Balaban J connectivity index is 2.28. The van der Waals surface area contributed by atoms with E-state index in [1.807, 2.05) is 0 Å². The summed E-state index contributed by atoms with van der Waals surface area (Å²) >= 11 is 0. The van der Waals surface area contributed by atoms with Gasteiger partial charge in [-0.05, 0) is 18.9 Å². The molecule has 0 atom stereocenters. The zero-order valence-corrected chi connectivity index (χ0v) is 9.12. The quantitative estimate of drug-likeness (QED) is 0.700. The summed E-state index contributed by atoms with van der Waals surface area (Å²) in [7, 11) is 3.53. The van der Waals surface area contributed by atoms with Crippen LogP contribution in [-0.4, -0.2) is 37.2 Å². The van der Waals surface area contributed by atoms with Crippen LogP contribution in [0.4, 0.5) is 13.2 Å². The highest BCUT2D eigenvalue weighted by Gasteiger charge is 2.41. The topological polar surface area (TPSA) is 29.5 Å². The van der Waals surface area contributed by atoms with Gasteiger partial charge in [0.05, 0.1) is 6.10 Å². The van der Waals surface area contributed by atoms with E-state index in [4.69, 9.17) is 0 Å². The van der Waals surface area contributed by atoms with Crippen molar-refractivity contribution in [3.63, 3.8) is 0 Å². The Morgan fingerprint density at radius 1 is 1.38 bits per heavy atom. The summed E-state index contributed by atoms with van der Waals surface area (Å²) in [5, 5.41) is 0. The molecule has 0 aromatic rings. The molecule has 0 radical (unpaired) electrons. The van der Waals surface area contributed by atoms with E-state index >= 15 is 0 Å². The Labute approximate surface area is 91.9 Å². The van der Waals surface area contributed by atoms with E-state index in [0.29, 0.717) is 0 Å². The maximum absolute atomic E-state index is 11.8. The summed E-state index contributed by atoms with van der Waals surface area (Å²) in [5.74, 6) is -0.473. The molecule has 0 aromatic heterocycles. The second-order valence-electron chi connectivity index (χ2n) is 4.04. The van der Waals surface area contributed by atoms with Crippen LogP contribution >= 0.6 is 0 Å². The highest BCUT2D eigenvalue weighted by Crippen LogP contribution is 2.35. The van der Waals surface area contributed by atoms with Crippen LogP contribution in [0.15, 0.2) is 12.3 Å². The number of carbonyl (C=O) groups is 1. The molecule has 1 aliphatic rings. The molecule has 1 saturated carbocycles. The minimum Gasteiger partial charge on any atom is -0.383 e. The van der Waals surface area contributed by atoms with Gasteiger partial charge in [0.1, 0.15) is 0 Å². The molecular formula is C10H14F3NO2. The summed E-state index contributed by atoms with van der Waals surface area (Å²) in [6.07, 6.45) is -2.19. The van der Waals surface area contributed by atoms with Crippen molar-refractivity contribution in [1.29, 1.82) is 0 Å². The fourth-order valence-electron chi connectivity index (χ4n) is 1.44. The minimum absolute atomic E-state index is 0.143. The van der Waals surface area contributed by atoms with Crippen LogP contribution < -0.4 is 0 Å². The van der Waals surface area contributed by atoms with Gasteiger partial charge in [0.15, 0.2) is 5.78 Å². The first-order valence-corrected chi connectivity index (χ1v) is 4.91. The van der Waals surface area contributed by atoms with E-state index in [0.717, 1.165) is 0 Å². The average Bonchev–Trinajstić information content (AvgIpc) is 2.05. The van der Waals surface area contributed by atoms with Gasteiger partial charge in [-0.3, -0.25) is 9.53 Å². The van der Waals surface area contributed by atoms with Crippen molar-refractivity contribution in [2.24, 2.45) is 5.92 Å².